The van der Waals surface area contributed by atoms with Gasteiger partial charge in [-0.25, -0.2) is 8.42 Å². The second-order valence-electron chi connectivity index (χ2n) is 5.38. The maximum Gasteiger partial charge on any atom is 0.246 e. The summed E-state index contributed by atoms with van der Waals surface area (Å²) in [7, 11) is -1.86. The van der Waals surface area contributed by atoms with Crippen LogP contribution < -0.4 is 5.73 Å². The molecule has 2 rings (SSSR count). The number of hydrogen-bond acceptors (Lipinski definition) is 5. The summed E-state index contributed by atoms with van der Waals surface area (Å²) in [5.74, 6) is 0. The van der Waals surface area contributed by atoms with E-state index in [9.17, 15) is 8.42 Å². The molecule has 2 N–H and O–H groups in total. The van der Waals surface area contributed by atoms with Crippen LogP contribution in [-0.4, -0.2) is 53.8 Å². The lowest BCUT2D eigenvalue weighted by molar-refractivity contribution is -0.112. The Balaban J connectivity index is 2.29. The zero-order valence-corrected chi connectivity index (χ0v) is 12.2. The van der Waals surface area contributed by atoms with Crippen molar-refractivity contribution in [2.45, 2.75) is 30.4 Å². The van der Waals surface area contributed by atoms with Crippen molar-refractivity contribution in [3.63, 3.8) is 0 Å². The number of rotatable bonds is 3. The lowest BCUT2D eigenvalue weighted by Crippen LogP contribution is -2.56. The summed E-state index contributed by atoms with van der Waals surface area (Å²) >= 11 is 0. The molecule has 1 saturated heterocycles. The monoisotopic (exact) mass is 288 g/mol. The predicted octanol–water partition coefficient (Wildman–Crippen LogP) is -0.453. The fourth-order valence-electron chi connectivity index (χ4n) is 2.23. The molecule has 19 heavy (non-hydrogen) atoms. The van der Waals surface area contributed by atoms with Gasteiger partial charge in [0, 0.05) is 32.9 Å². The van der Waals surface area contributed by atoms with Gasteiger partial charge in [0.1, 0.15) is 4.90 Å². The summed E-state index contributed by atoms with van der Waals surface area (Å²) < 4.78 is 33.7. The molecular weight excluding hydrogens is 268 g/mol. The number of sulfonamides is 1. The number of morpholine rings is 1. The third-order valence-corrected chi connectivity index (χ3v) is 4.80. The highest BCUT2D eigenvalue weighted by molar-refractivity contribution is 7.89. The molecule has 0 amide bonds. The maximum atomic E-state index is 12.5. The van der Waals surface area contributed by atoms with E-state index in [4.69, 9.17) is 10.5 Å². The van der Waals surface area contributed by atoms with Gasteiger partial charge in [-0.3, -0.25) is 4.68 Å². The normalized spacial score (nSPS) is 24.5. The van der Waals surface area contributed by atoms with E-state index in [1.54, 1.807) is 7.05 Å². The van der Waals surface area contributed by atoms with Crippen LogP contribution in [0.15, 0.2) is 17.3 Å². The summed E-state index contributed by atoms with van der Waals surface area (Å²) in [6, 6.07) is 0. The van der Waals surface area contributed by atoms with Gasteiger partial charge in [0.25, 0.3) is 0 Å². The number of ether oxygens (including phenoxy) is 1. The second-order valence-corrected chi connectivity index (χ2v) is 7.32. The van der Waals surface area contributed by atoms with Crippen LogP contribution in [-0.2, 0) is 21.8 Å². The lowest BCUT2D eigenvalue weighted by Gasteiger charge is -2.41. The fraction of sp³-hybridized carbons (Fsp3) is 0.727. The third-order valence-electron chi connectivity index (χ3n) is 3.03. The van der Waals surface area contributed by atoms with Gasteiger partial charge in [-0.1, -0.05) is 0 Å². The zero-order valence-electron chi connectivity index (χ0n) is 11.4. The number of aryl methyl sites for hydroxylation is 1. The zero-order chi connectivity index (χ0) is 14.3. The highest BCUT2D eigenvalue weighted by Crippen LogP contribution is 2.25. The number of aromatic nitrogens is 2. The first-order valence-electron chi connectivity index (χ1n) is 6.11. The molecule has 2 heterocycles. The minimum atomic E-state index is -3.54. The molecule has 1 aromatic heterocycles. The van der Waals surface area contributed by atoms with Crippen LogP contribution in [0, 0.1) is 0 Å². The summed E-state index contributed by atoms with van der Waals surface area (Å²) in [4.78, 5) is 0.198. The Morgan fingerprint density at radius 2 is 2.26 bits per heavy atom. The molecular formula is C11H20N4O3S. The predicted molar refractivity (Wildman–Crippen MR) is 70.0 cm³/mol. The largest absolute Gasteiger partial charge is 0.368 e. The molecule has 0 spiro atoms. The van der Waals surface area contributed by atoms with Crippen molar-refractivity contribution in [1.29, 1.82) is 0 Å². The fourth-order valence-corrected chi connectivity index (χ4v) is 3.84. The van der Waals surface area contributed by atoms with Crippen LogP contribution in [0.1, 0.15) is 13.8 Å². The van der Waals surface area contributed by atoms with Crippen molar-refractivity contribution < 1.29 is 13.2 Å². The molecule has 1 aromatic rings. The van der Waals surface area contributed by atoms with Gasteiger partial charge in [-0.2, -0.15) is 9.40 Å². The number of nitrogens with two attached hydrogens (primary N) is 1. The van der Waals surface area contributed by atoms with E-state index in [1.807, 2.05) is 13.8 Å². The number of hydrogen-bond donors (Lipinski definition) is 1. The molecule has 0 radical (unpaired) electrons. The first-order valence-corrected chi connectivity index (χ1v) is 7.55. The van der Waals surface area contributed by atoms with Gasteiger partial charge >= 0.3 is 0 Å². The Morgan fingerprint density at radius 3 is 2.79 bits per heavy atom. The van der Waals surface area contributed by atoms with Gasteiger partial charge in [0.15, 0.2) is 0 Å². The Morgan fingerprint density at radius 1 is 1.58 bits per heavy atom. The van der Waals surface area contributed by atoms with Crippen molar-refractivity contribution in [3.05, 3.63) is 12.4 Å². The first-order chi connectivity index (χ1) is 8.74. The topological polar surface area (TPSA) is 90.5 Å². The van der Waals surface area contributed by atoms with Crippen LogP contribution in [0.2, 0.25) is 0 Å². The van der Waals surface area contributed by atoms with E-state index in [0.29, 0.717) is 13.1 Å². The first kappa shape index (κ1) is 14.4. The quantitative estimate of drug-likeness (QED) is 0.813. The number of nitrogens with zero attached hydrogens (tertiary/aromatic N) is 3. The van der Waals surface area contributed by atoms with Gasteiger partial charge in [0.2, 0.25) is 10.0 Å². The molecule has 1 fully saturated rings. The van der Waals surface area contributed by atoms with Gasteiger partial charge in [-0.05, 0) is 13.8 Å². The van der Waals surface area contributed by atoms with Crippen LogP contribution in [0.3, 0.4) is 0 Å². The van der Waals surface area contributed by atoms with Crippen molar-refractivity contribution in [1.82, 2.24) is 14.1 Å². The smallest absolute Gasteiger partial charge is 0.246 e. The molecule has 0 aliphatic carbocycles. The van der Waals surface area contributed by atoms with Crippen LogP contribution >= 0.6 is 0 Å². The lowest BCUT2D eigenvalue weighted by atomic mass is 10.1. The summed E-state index contributed by atoms with van der Waals surface area (Å²) in [6.45, 7) is 4.60. The highest BCUT2D eigenvalue weighted by atomic mass is 32.2. The summed E-state index contributed by atoms with van der Waals surface area (Å²) in [6.07, 6.45) is 2.57. The van der Waals surface area contributed by atoms with Gasteiger partial charge in [-0.15, -0.1) is 0 Å². The van der Waals surface area contributed by atoms with Crippen LogP contribution in [0.25, 0.3) is 0 Å². The van der Waals surface area contributed by atoms with E-state index < -0.39 is 15.6 Å². The van der Waals surface area contributed by atoms with E-state index >= 15 is 0 Å². The Bertz CT molecular complexity index is 552. The summed E-state index contributed by atoms with van der Waals surface area (Å²) in [5, 5.41) is 3.91. The molecule has 0 bridgehead atoms. The molecule has 0 aromatic carbocycles. The van der Waals surface area contributed by atoms with E-state index in [2.05, 4.69) is 5.10 Å². The Hall–Kier alpha value is -0.960. The maximum absolute atomic E-state index is 12.5. The Labute approximate surface area is 113 Å². The van der Waals surface area contributed by atoms with E-state index in [0.717, 1.165) is 0 Å². The van der Waals surface area contributed by atoms with Gasteiger partial charge < -0.3 is 10.5 Å². The molecule has 108 valence electrons. The molecule has 1 aliphatic rings. The molecule has 1 unspecified atom stereocenters. The van der Waals surface area contributed by atoms with Crippen molar-refractivity contribution in [3.8, 4) is 0 Å². The third kappa shape index (κ3) is 2.97. The van der Waals surface area contributed by atoms with Crippen molar-refractivity contribution >= 4 is 10.0 Å². The van der Waals surface area contributed by atoms with Crippen LogP contribution in [0.5, 0.6) is 0 Å². The molecule has 0 saturated carbocycles. The Kier molecular flexibility index (Phi) is 3.69. The van der Waals surface area contributed by atoms with Crippen molar-refractivity contribution in [2.75, 3.05) is 19.6 Å². The molecule has 8 heteroatoms. The standard InChI is InChI=1S/C11H20N4O3S/c1-11(2)8-15(6-9(4-12)18-11)19(16,17)10-5-13-14(3)7-10/h5,7,9H,4,6,8,12H2,1-3H3. The minimum absolute atomic E-state index is 0.198. The van der Waals surface area contributed by atoms with Gasteiger partial charge in [0.05, 0.1) is 17.9 Å². The molecule has 1 atom stereocenters. The molecule has 1 aliphatic heterocycles. The average Bonchev–Trinajstić information content (AvgIpc) is 2.74. The summed E-state index contributed by atoms with van der Waals surface area (Å²) in [5.41, 5.74) is 5.07. The van der Waals surface area contributed by atoms with Crippen LogP contribution in [0.4, 0.5) is 0 Å². The minimum Gasteiger partial charge on any atom is -0.368 e. The molecule has 7 nitrogen and oxygen atoms in total. The SMILES string of the molecule is Cn1cc(S(=O)(=O)N2CC(CN)OC(C)(C)C2)cn1. The average molecular weight is 288 g/mol. The van der Waals surface area contributed by atoms with E-state index in [-0.39, 0.29) is 17.5 Å². The second kappa shape index (κ2) is 4.86. The van der Waals surface area contributed by atoms with Crippen molar-refractivity contribution in [2.24, 2.45) is 12.8 Å². The highest BCUT2D eigenvalue weighted by Gasteiger charge is 2.39. The van der Waals surface area contributed by atoms with E-state index in [1.165, 1.54) is 21.4 Å².